The van der Waals surface area contributed by atoms with Crippen LogP contribution in [0.1, 0.15) is 32.7 Å². The molecule has 0 aliphatic rings. The van der Waals surface area contributed by atoms with Crippen molar-refractivity contribution in [3.05, 3.63) is 41.8 Å². The van der Waals surface area contributed by atoms with Gasteiger partial charge in [-0.15, -0.1) is 0 Å². The molecule has 1 rings (SSSR count). The van der Waals surface area contributed by atoms with Crippen LogP contribution in [-0.2, 0) is 6.42 Å². The molecular formula is C11H11O4. The molecule has 0 saturated carbocycles. The van der Waals surface area contributed by atoms with Crippen molar-refractivity contribution in [1.29, 1.82) is 0 Å². The van der Waals surface area contributed by atoms with Crippen LogP contribution in [0.2, 0.25) is 0 Å². The molecule has 0 fully saturated rings. The van der Waals surface area contributed by atoms with Crippen LogP contribution in [-0.4, -0.2) is 22.2 Å². The summed E-state index contributed by atoms with van der Waals surface area (Å²) in [6, 6.07) is 4.10. The first kappa shape index (κ1) is 11.2. The highest BCUT2D eigenvalue weighted by molar-refractivity contribution is 5.94. The normalized spacial score (nSPS) is 9.93. The van der Waals surface area contributed by atoms with Gasteiger partial charge in [0.15, 0.2) is 0 Å². The largest absolute Gasteiger partial charge is 0.478 e. The van der Waals surface area contributed by atoms with Gasteiger partial charge in [0.2, 0.25) is 0 Å². The Morgan fingerprint density at radius 1 is 1.20 bits per heavy atom. The molecule has 1 aromatic rings. The van der Waals surface area contributed by atoms with Crippen LogP contribution < -0.4 is 0 Å². The second-order valence-corrected chi connectivity index (χ2v) is 3.09. The first-order valence-corrected chi connectivity index (χ1v) is 4.45. The van der Waals surface area contributed by atoms with Gasteiger partial charge in [-0.25, -0.2) is 9.59 Å². The lowest BCUT2D eigenvalue weighted by Gasteiger charge is -2.05. The van der Waals surface area contributed by atoms with E-state index in [1.165, 1.54) is 18.2 Å². The Balaban J connectivity index is 3.20. The molecule has 0 amide bonds. The Kier molecular flexibility index (Phi) is 3.44. The molecule has 4 nitrogen and oxygen atoms in total. The van der Waals surface area contributed by atoms with Crippen LogP contribution in [0.5, 0.6) is 0 Å². The van der Waals surface area contributed by atoms with Crippen molar-refractivity contribution in [3.63, 3.8) is 0 Å². The van der Waals surface area contributed by atoms with E-state index in [0.717, 1.165) is 0 Å². The van der Waals surface area contributed by atoms with Gasteiger partial charge in [-0.05, 0) is 30.5 Å². The summed E-state index contributed by atoms with van der Waals surface area (Å²) in [4.78, 5) is 21.5. The predicted octanol–water partition coefficient (Wildman–Crippen LogP) is 1.85. The minimum absolute atomic E-state index is 0.0137. The fourth-order valence-electron chi connectivity index (χ4n) is 1.32. The molecule has 0 aliphatic heterocycles. The van der Waals surface area contributed by atoms with E-state index in [1.54, 1.807) is 0 Å². The van der Waals surface area contributed by atoms with Gasteiger partial charge in [-0.1, -0.05) is 13.0 Å². The monoisotopic (exact) mass is 207 g/mol. The lowest BCUT2D eigenvalue weighted by atomic mass is 10.0. The standard InChI is InChI=1S/C11H11O4/c1-2-3-7-4-5-8(10(12)13)6-9(7)11(14)15/h4-6H,1-3H2,(H,12,13)(H,14,15). The summed E-state index contributed by atoms with van der Waals surface area (Å²) < 4.78 is 0. The highest BCUT2D eigenvalue weighted by Gasteiger charge is 2.12. The Morgan fingerprint density at radius 3 is 2.33 bits per heavy atom. The molecule has 0 atom stereocenters. The molecule has 0 aromatic heterocycles. The first-order valence-electron chi connectivity index (χ1n) is 4.45. The molecule has 0 spiro atoms. The maximum Gasteiger partial charge on any atom is 0.335 e. The van der Waals surface area contributed by atoms with Crippen LogP contribution in [0.3, 0.4) is 0 Å². The molecule has 15 heavy (non-hydrogen) atoms. The summed E-state index contributed by atoms with van der Waals surface area (Å²) in [5.41, 5.74) is 0.640. The molecule has 0 heterocycles. The van der Waals surface area contributed by atoms with Crippen molar-refractivity contribution in [2.24, 2.45) is 0 Å². The number of rotatable bonds is 4. The zero-order valence-electron chi connectivity index (χ0n) is 8.06. The Bertz CT molecular complexity index is 396. The third-order valence-electron chi connectivity index (χ3n) is 2.03. The lowest BCUT2D eigenvalue weighted by Crippen LogP contribution is -2.06. The maximum absolute atomic E-state index is 10.9. The van der Waals surface area contributed by atoms with Gasteiger partial charge in [0.1, 0.15) is 0 Å². The van der Waals surface area contributed by atoms with Crippen molar-refractivity contribution in [2.75, 3.05) is 0 Å². The number of carbonyl (C=O) groups is 2. The molecule has 1 aromatic carbocycles. The number of benzene rings is 1. The van der Waals surface area contributed by atoms with Crippen molar-refractivity contribution >= 4 is 11.9 Å². The van der Waals surface area contributed by atoms with Crippen molar-refractivity contribution < 1.29 is 19.8 Å². The molecule has 0 aliphatic carbocycles. The van der Waals surface area contributed by atoms with Gasteiger partial charge in [0.25, 0.3) is 0 Å². The number of hydrogen-bond acceptors (Lipinski definition) is 2. The second kappa shape index (κ2) is 4.59. The second-order valence-electron chi connectivity index (χ2n) is 3.09. The first-order chi connectivity index (χ1) is 7.06. The summed E-state index contributed by atoms with van der Waals surface area (Å²) in [6.07, 6.45) is 1.11. The molecular weight excluding hydrogens is 196 g/mol. The third kappa shape index (κ3) is 2.56. The van der Waals surface area contributed by atoms with E-state index in [2.05, 4.69) is 6.92 Å². The third-order valence-corrected chi connectivity index (χ3v) is 2.03. The Morgan fingerprint density at radius 2 is 1.87 bits per heavy atom. The van der Waals surface area contributed by atoms with E-state index < -0.39 is 11.9 Å². The molecule has 2 N–H and O–H groups in total. The lowest BCUT2D eigenvalue weighted by molar-refractivity contribution is 0.0695. The van der Waals surface area contributed by atoms with E-state index in [9.17, 15) is 9.59 Å². The number of aromatic carboxylic acids is 2. The quantitative estimate of drug-likeness (QED) is 0.790. The van der Waals surface area contributed by atoms with Crippen LogP contribution in [0, 0.1) is 6.92 Å². The summed E-state index contributed by atoms with van der Waals surface area (Å²) in [6.45, 7) is 3.63. The van der Waals surface area contributed by atoms with E-state index in [1.807, 2.05) is 0 Å². The molecule has 79 valence electrons. The van der Waals surface area contributed by atoms with Gasteiger partial charge in [0.05, 0.1) is 11.1 Å². The smallest absolute Gasteiger partial charge is 0.335 e. The van der Waals surface area contributed by atoms with E-state index in [0.29, 0.717) is 18.4 Å². The van der Waals surface area contributed by atoms with Gasteiger partial charge in [0, 0.05) is 0 Å². The predicted molar refractivity (Wildman–Crippen MR) is 54.0 cm³/mol. The summed E-state index contributed by atoms with van der Waals surface area (Å²) in [5.74, 6) is -2.24. The van der Waals surface area contributed by atoms with Crippen LogP contribution >= 0.6 is 0 Å². The maximum atomic E-state index is 10.9. The number of hydrogen-bond donors (Lipinski definition) is 2. The molecule has 0 unspecified atom stereocenters. The zero-order chi connectivity index (χ0) is 11.4. The van der Waals surface area contributed by atoms with Gasteiger partial charge in [-0.3, -0.25) is 0 Å². The van der Waals surface area contributed by atoms with Crippen molar-refractivity contribution in [3.8, 4) is 0 Å². The topological polar surface area (TPSA) is 74.6 Å². The molecule has 1 radical (unpaired) electrons. The number of aryl methyl sites for hydroxylation is 1. The highest BCUT2D eigenvalue weighted by Crippen LogP contribution is 2.14. The number of carboxylic acids is 2. The zero-order valence-corrected chi connectivity index (χ0v) is 8.06. The van der Waals surface area contributed by atoms with Crippen molar-refractivity contribution in [2.45, 2.75) is 12.8 Å². The molecule has 0 saturated heterocycles. The van der Waals surface area contributed by atoms with Gasteiger partial charge < -0.3 is 10.2 Å². The number of carboxylic acid groups (broad SMARTS) is 2. The summed E-state index contributed by atoms with van der Waals surface area (Å²) in [7, 11) is 0. The fourth-order valence-corrected chi connectivity index (χ4v) is 1.32. The van der Waals surface area contributed by atoms with Crippen LogP contribution in [0.4, 0.5) is 0 Å². The summed E-state index contributed by atoms with van der Waals surface area (Å²) >= 11 is 0. The average molecular weight is 207 g/mol. The fraction of sp³-hybridized carbons (Fsp3) is 0.182. The highest BCUT2D eigenvalue weighted by atomic mass is 16.4. The molecule has 4 heteroatoms. The Labute approximate surface area is 87.2 Å². The van der Waals surface area contributed by atoms with Gasteiger partial charge in [-0.2, -0.15) is 0 Å². The van der Waals surface area contributed by atoms with Gasteiger partial charge >= 0.3 is 11.9 Å². The summed E-state index contributed by atoms with van der Waals surface area (Å²) in [5, 5.41) is 17.6. The molecule has 0 bridgehead atoms. The minimum Gasteiger partial charge on any atom is -0.478 e. The average Bonchev–Trinajstić information content (AvgIpc) is 2.18. The van der Waals surface area contributed by atoms with Crippen LogP contribution in [0.15, 0.2) is 18.2 Å². The van der Waals surface area contributed by atoms with E-state index in [-0.39, 0.29) is 11.1 Å². The van der Waals surface area contributed by atoms with E-state index >= 15 is 0 Å². The van der Waals surface area contributed by atoms with Crippen molar-refractivity contribution in [1.82, 2.24) is 0 Å². The SMILES string of the molecule is [CH2]CCc1ccc(C(=O)O)cc1C(=O)O. The van der Waals surface area contributed by atoms with Crippen LogP contribution in [0.25, 0.3) is 0 Å². The van der Waals surface area contributed by atoms with E-state index in [4.69, 9.17) is 10.2 Å². The minimum atomic E-state index is -1.13. The Hall–Kier alpha value is -1.84.